The lowest BCUT2D eigenvalue weighted by atomic mass is 10.1. The summed E-state index contributed by atoms with van der Waals surface area (Å²) in [5.41, 5.74) is 0.827. The number of carbonyl (C=O) groups is 1. The monoisotopic (exact) mass is 494 g/mol. The van der Waals surface area contributed by atoms with Gasteiger partial charge in [-0.15, -0.1) is 0 Å². The minimum Gasteiger partial charge on any atom is -0.496 e. The third-order valence-electron chi connectivity index (χ3n) is 5.75. The van der Waals surface area contributed by atoms with Gasteiger partial charge in [-0.3, -0.25) is 4.79 Å². The first-order valence-electron chi connectivity index (χ1n) is 10.8. The SMILES string of the molecule is COc1ccc(S(=O)(=O)NC(C)c2ccc(S(C)(=O)=O)cc2)cc1C(=O)N1CCCCCC1. The van der Waals surface area contributed by atoms with E-state index in [2.05, 4.69) is 4.72 Å². The number of hydrogen-bond donors (Lipinski definition) is 1. The van der Waals surface area contributed by atoms with Crippen molar-refractivity contribution in [1.82, 2.24) is 9.62 Å². The number of ether oxygens (including phenoxy) is 1. The highest BCUT2D eigenvalue weighted by molar-refractivity contribution is 7.90. The molecular weight excluding hydrogens is 464 g/mol. The smallest absolute Gasteiger partial charge is 0.257 e. The fourth-order valence-corrected chi connectivity index (χ4v) is 5.73. The summed E-state index contributed by atoms with van der Waals surface area (Å²) in [7, 11) is -5.85. The maximum Gasteiger partial charge on any atom is 0.257 e. The van der Waals surface area contributed by atoms with Crippen molar-refractivity contribution < 1.29 is 26.4 Å². The molecule has 0 saturated carbocycles. The molecule has 33 heavy (non-hydrogen) atoms. The summed E-state index contributed by atoms with van der Waals surface area (Å²) in [6.07, 6.45) is 5.10. The lowest BCUT2D eigenvalue weighted by Crippen LogP contribution is -2.32. The molecule has 1 heterocycles. The van der Waals surface area contributed by atoms with Gasteiger partial charge in [0.1, 0.15) is 5.75 Å². The van der Waals surface area contributed by atoms with Gasteiger partial charge in [-0.05, 0) is 55.7 Å². The average Bonchev–Trinajstić information content (AvgIpc) is 3.07. The van der Waals surface area contributed by atoms with Gasteiger partial charge >= 0.3 is 0 Å². The summed E-state index contributed by atoms with van der Waals surface area (Å²) in [6, 6.07) is 9.67. The predicted octanol–water partition coefficient (Wildman–Crippen LogP) is 3.15. The van der Waals surface area contributed by atoms with E-state index in [1.54, 1.807) is 24.0 Å². The molecule has 0 bridgehead atoms. The second kappa shape index (κ2) is 10.2. The molecule has 3 rings (SSSR count). The van der Waals surface area contributed by atoms with Crippen molar-refractivity contribution in [2.45, 2.75) is 48.4 Å². The van der Waals surface area contributed by atoms with Crippen LogP contribution in [-0.2, 0) is 19.9 Å². The number of carbonyl (C=O) groups excluding carboxylic acids is 1. The molecule has 2 aromatic carbocycles. The lowest BCUT2D eigenvalue weighted by Gasteiger charge is -2.22. The van der Waals surface area contributed by atoms with Crippen LogP contribution >= 0.6 is 0 Å². The molecule has 1 N–H and O–H groups in total. The third-order valence-corrected chi connectivity index (χ3v) is 8.41. The summed E-state index contributed by atoms with van der Waals surface area (Å²) in [5, 5.41) is 0. The van der Waals surface area contributed by atoms with Crippen LogP contribution in [0.3, 0.4) is 0 Å². The second-order valence-corrected chi connectivity index (χ2v) is 12.0. The molecule has 1 fully saturated rings. The molecule has 8 nitrogen and oxygen atoms in total. The van der Waals surface area contributed by atoms with Crippen molar-refractivity contribution in [2.75, 3.05) is 26.5 Å². The van der Waals surface area contributed by atoms with E-state index in [-0.39, 0.29) is 21.3 Å². The number of sulfone groups is 1. The standard InChI is InChI=1S/C23H30N2O6S2/c1-17(18-8-10-19(11-9-18)32(3,27)28)24-33(29,30)20-12-13-22(31-2)21(16-20)23(26)25-14-6-4-5-7-15-25/h8-13,16-17,24H,4-7,14-15H2,1-3H3. The Morgan fingerprint density at radius 1 is 0.939 bits per heavy atom. The molecule has 10 heteroatoms. The Bertz CT molecular complexity index is 1200. The molecule has 1 atom stereocenters. The summed E-state index contributed by atoms with van der Waals surface area (Å²) < 4.78 is 57.4. The Morgan fingerprint density at radius 2 is 1.52 bits per heavy atom. The number of sulfonamides is 1. The third kappa shape index (κ3) is 6.13. The predicted molar refractivity (Wildman–Crippen MR) is 126 cm³/mol. The molecule has 1 saturated heterocycles. The van der Waals surface area contributed by atoms with Crippen molar-refractivity contribution in [3.63, 3.8) is 0 Å². The molecular formula is C23H30N2O6S2. The van der Waals surface area contributed by atoms with Crippen LogP contribution in [0, 0.1) is 0 Å². The quantitative estimate of drug-likeness (QED) is 0.633. The van der Waals surface area contributed by atoms with Crippen LogP contribution in [0.1, 0.15) is 54.6 Å². The highest BCUT2D eigenvalue weighted by Crippen LogP contribution is 2.26. The first kappa shape index (κ1) is 25.2. The molecule has 1 aliphatic rings. The van der Waals surface area contributed by atoms with Crippen molar-refractivity contribution in [3.05, 3.63) is 53.6 Å². The number of benzene rings is 2. The Kier molecular flexibility index (Phi) is 7.81. The van der Waals surface area contributed by atoms with E-state index in [1.165, 1.54) is 37.4 Å². The number of nitrogens with zero attached hydrogens (tertiary/aromatic N) is 1. The number of hydrogen-bond acceptors (Lipinski definition) is 6. The van der Waals surface area contributed by atoms with E-state index in [0.717, 1.165) is 31.9 Å². The molecule has 1 unspecified atom stereocenters. The zero-order valence-electron chi connectivity index (χ0n) is 19.1. The Balaban J connectivity index is 1.85. The Morgan fingerprint density at radius 3 is 2.06 bits per heavy atom. The maximum absolute atomic E-state index is 13.1. The van der Waals surface area contributed by atoms with Crippen LogP contribution in [0.5, 0.6) is 5.75 Å². The topological polar surface area (TPSA) is 110 Å². The largest absolute Gasteiger partial charge is 0.496 e. The zero-order valence-corrected chi connectivity index (χ0v) is 20.7. The summed E-state index contributed by atoms with van der Waals surface area (Å²) in [5.74, 6) is 0.0859. The van der Waals surface area contributed by atoms with Crippen molar-refractivity contribution in [1.29, 1.82) is 0 Å². The van der Waals surface area contributed by atoms with Gasteiger partial charge in [-0.1, -0.05) is 25.0 Å². The van der Waals surface area contributed by atoms with Gasteiger partial charge in [0, 0.05) is 25.4 Å². The highest BCUT2D eigenvalue weighted by atomic mass is 32.2. The normalized spacial score (nSPS) is 16.2. The van der Waals surface area contributed by atoms with E-state index < -0.39 is 25.9 Å². The highest BCUT2D eigenvalue weighted by Gasteiger charge is 2.25. The average molecular weight is 495 g/mol. The fraction of sp³-hybridized carbons (Fsp3) is 0.435. The lowest BCUT2D eigenvalue weighted by molar-refractivity contribution is 0.0758. The van der Waals surface area contributed by atoms with E-state index in [9.17, 15) is 21.6 Å². The first-order chi connectivity index (χ1) is 15.5. The minimum absolute atomic E-state index is 0.0407. The van der Waals surface area contributed by atoms with Gasteiger partial charge in [0.25, 0.3) is 5.91 Å². The molecule has 0 spiro atoms. The van der Waals surface area contributed by atoms with Gasteiger partial charge in [0.2, 0.25) is 10.0 Å². The fourth-order valence-electron chi connectivity index (χ4n) is 3.84. The summed E-state index contributed by atoms with van der Waals surface area (Å²) in [6.45, 7) is 2.94. The van der Waals surface area contributed by atoms with E-state index in [4.69, 9.17) is 4.74 Å². The minimum atomic E-state index is -3.96. The number of methoxy groups -OCH3 is 1. The molecule has 2 aromatic rings. The van der Waals surface area contributed by atoms with Gasteiger partial charge < -0.3 is 9.64 Å². The van der Waals surface area contributed by atoms with Gasteiger partial charge in [0.05, 0.1) is 22.5 Å². The van der Waals surface area contributed by atoms with Crippen LogP contribution < -0.4 is 9.46 Å². The Labute approximate surface area is 195 Å². The van der Waals surface area contributed by atoms with Crippen LogP contribution in [0.25, 0.3) is 0 Å². The molecule has 0 aliphatic carbocycles. The molecule has 1 amide bonds. The number of rotatable bonds is 7. The number of likely N-dealkylation sites (tertiary alicyclic amines) is 1. The van der Waals surface area contributed by atoms with E-state index >= 15 is 0 Å². The molecule has 180 valence electrons. The van der Waals surface area contributed by atoms with Crippen LogP contribution in [-0.4, -0.2) is 54.1 Å². The first-order valence-corrected chi connectivity index (χ1v) is 14.2. The van der Waals surface area contributed by atoms with Gasteiger partial charge in [-0.25, -0.2) is 21.6 Å². The van der Waals surface area contributed by atoms with E-state index in [1.807, 2.05) is 0 Å². The van der Waals surface area contributed by atoms with Gasteiger partial charge in [-0.2, -0.15) is 0 Å². The van der Waals surface area contributed by atoms with Crippen molar-refractivity contribution in [3.8, 4) is 5.75 Å². The second-order valence-electron chi connectivity index (χ2n) is 8.25. The van der Waals surface area contributed by atoms with E-state index in [0.29, 0.717) is 24.4 Å². The number of amides is 1. The molecule has 1 aliphatic heterocycles. The zero-order chi connectivity index (χ0) is 24.2. The molecule has 0 radical (unpaired) electrons. The molecule has 0 aromatic heterocycles. The van der Waals surface area contributed by atoms with Crippen molar-refractivity contribution in [2.24, 2.45) is 0 Å². The Hall–Kier alpha value is -2.43. The van der Waals surface area contributed by atoms with Crippen molar-refractivity contribution >= 4 is 25.8 Å². The summed E-state index contributed by atoms with van der Waals surface area (Å²) in [4.78, 5) is 15.0. The maximum atomic E-state index is 13.1. The van der Waals surface area contributed by atoms with Crippen LogP contribution in [0.2, 0.25) is 0 Å². The van der Waals surface area contributed by atoms with Gasteiger partial charge in [0.15, 0.2) is 9.84 Å². The van der Waals surface area contributed by atoms with Crippen LogP contribution in [0.4, 0.5) is 0 Å². The summed E-state index contributed by atoms with van der Waals surface area (Å²) >= 11 is 0. The number of nitrogens with one attached hydrogen (secondary N) is 1. The van der Waals surface area contributed by atoms with Crippen LogP contribution in [0.15, 0.2) is 52.3 Å².